The van der Waals surface area contributed by atoms with Gasteiger partial charge >= 0.3 is 11.9 Å². The van der Waals surface area contributed by atoms with Crippen molar-refractivity contribution in [2.24, 2.45) is 5.92 Å². The SMILES string of the molecule is CCCCC(CC)C(=O)OCCOCCOCCOCCOCCOCCC(=O)OC(C)(C)C. The fourth-order valence-electron chi connectivity index (χ4n) is 2.79. The molecule has 0 fully saturated rings. The standard InChI is InChI=1S/C25H48O9/c1-6-8-9-22(7-2)24(27)33-21-20-32-19-18-31-17-16-30-15-14-29-13-12-28-11-10-23(26)34-25(3,4)5/h22H,6-21H2,1-5H3. The van der Waals surface area contributed by atoms with E-state index in [-0.39, 0.29) is 30.9 Å². The summed E-state index contributed by atoms with van der Waals surface area (Å²) in [5.74, 6) is -0.389. The minimum Gasteiger partial charge on any atom is -0.463 e. The molecular weight excluding hydrogens is 444 g/mol. The molecule has 0 aliphatic rings. The van der Waals surface area contributed by atoms with Crippen LogP contribution in [0.1, 0.15) is 66.7 Å². The lowest BCUT2D eigenvalue weighted by molar-refractivity contribution is -0.156. The van der Waals surface area contributed by atoms with Crippen molar-refractivity contribution >= 4 is 11.9 Å². The molecular formula is C25H48O9. The van der Waals surface area contributed by atoms with Crippen molar-refractivity contribution in [1.29, 1.82) is 0 Å². The van der Waals surface area contributed by atoms with E-state index in [1.165, 1.54) is 0 Å². The first-order valence-electron chi connectivity index (χ1n) is 12.6. The molecule has 0 bridgehead atoms. The van der Waals surface area contributed by atoms with Crippen molar-refractivity contribution < 1.29 is 42.7 Å². The molecule has 0 aliphatic heterocycles. The van der Waals surface area contributed by atoms with Crippen LogP contribution in [0, 0.1) is 5.92 Å². The van der Waals surface area contributed by atoms with Crippen molar-refractivity contribution in [3.05, 3.63) is 0 Å². The van der Waals surface area contributed by atoms with E-state index in [0.717, 1.165) is 25.7 Å². The predicted molar refractivity (Wildman–Crippen MR) is 129 cm³/mol. The first-order valence-corrected chi connectivity index (χ1v) is 12.6. The highest BCUT2D eigenvalue weighted by Crippen LogP contribution is 2.14. The van der Waals surface area contributed by atoms with Crippen molar-refractivity contribution in [3.63, 3.8) is 0 Å². The Morgan fingerprint density at radius 2 is 1.12 bits per heavy atom. The Morgan fingerprint density at radius 1 is 0.676 bits per heavy atom. The van der Waals surface area contributed by atoms with Gasteiger partial charge in [0.2, 0.25) is 0 Å². The second kappa shape index (κ2) is 22.2. The molecule has 0 heterocycles. The van der Waals surface area contributed by atoms with E-state index in [9.17, 15) is 9.59 Å². The Morgan fingerprint density at radius 3 is 1.53 bits per heavy atom. The van der Waals surface area contributed by atoms with Gasteiger partial charge in [-0.3, -0.25) is 9.59 Å². The molecule has 34 heavy (non-hydrogen) atoms. The van der Waals surface area contributed by atoms with Crippen LogP contribution in [0.15, 0.2) is 0 Å². The number of ether oxygens (including phenoxy) is 7. The third-order valence-electron chi connectivity index (χ3n) is 4.56. The summed E-state index contributed by atoms with van der Waals surface area (Å²) < 4.78 is 37.5. The Bertz CT molecular complexity index is 491. The second-order valence-corrected chi connectivity index (χ2v) is 8.81. The van der Waals surface area contributed by atoms with Gasteiger partial charge in [-0.1, -0.05) is 26.7 Å². The molecule has 1 atom stereocenters. The lowest BCUT2D eigenvalue weighted by atomic mass is 10.00. The minimum absolute atomic E-state index is 0.00201. The number of rotatable bonds is 23. The van der Waals surface area contributed by atoms with Gasteiger partial charge in [-0.2, -0.15) is 0 Å². The van der Waals surface area contributed by atoms with Crippen LogP contribution in [0.3, 0.4) is 0 Å². The molecule has 0 amide bonds. The summed E-state index contributed by atoms with van der Waals surface area (Å²) >= 11 is 0. The number of carbonyl (C=O) groups excluding carboxylic acids is 2. The number of hydrogen-bond donors (Lipinski definition) is 0. The van der Waals surface area contributed by atoms with Gasteiger partial charge in [0.1, 0.15) is 12.2 Å². The van der Waals surface area contributed by atoms with E-state index in [0.29, 0.717) is 66.1 Å². The van der Waals surface area contributed by atoms with Gasteiger partial charge in [-0.05, 0) is 33.6 Å². The maximum absolute atomic E-state index is 12.0. The quantitative estimate of drug-likeness (QED) is 0.157. The van der Waals surface area contributed by atoms with E-state index < -0.39 is 5.60 Å². The number of carbonyl (C=O) groups is 2. The Kier molecular flexibility index (Phi) is 21.4. The van der Waals surface area contributed by atoms with E-state index in [1.54, 1.807) is 0 Å². The van der Waals surface area contributed by atoms with Gasteiger partial charge < -0.3 is 33.2 Å². The summed E-state index contributed by atoms with van der Waals surface area (Å²) in [5, 5.41) is 0. The number of hydrogen-bond acceptors (Lipinski definition) is 9. The highest BCUT2D eigenvalue weighted by atomic mass is 16.6. The molecule has 0 aromatic heterocycles. The Hall–Kier alpha value is -1.26. The predicted octanol–water partition coefficient (Wildman–Crippen LogP) is 3.56. The zero-order valence-electron chi connectivity index (χ0n) is 22.1. The van der Waals surface area contributed by atoms with Crippen molar-refractivity contribution in [2.45, 2.75) is 72.3 Å². The van der Waals surface area contributed by atoms with Crippen LogP contribution in [0.25, 0.3) is 0 Å². The van der Waals surface area contributed by atoms with Gasteiger partial charge in [0.05, 0.1) is 78.4 Å². The molecule has 0 N–H and O–H groups in total. The van der Waals surface area contributed by atoms with E-state index in [1.807, 2.05) is 27.7 Å². The lowest BCUT2D eigenvalue weighted by Crippen LogP contribution is -2.24. The van der Waals surface area contributed by atoms with Gasteiger partial charge in [0, 0.05) is 0 Å². The molecule has 202 valence electrons. The van der Waals surface area contributed by atoms with Crippen LogP contribution >= 0.6 is 0 Å². The normalized spacial score (nSPS) is 12.5. The average Bonchev–Trinajstić information content (AvgIpc) is 2.77. The summed E-state index contributed by atoms with van der Waals surface area (Å²) in [6.45, 7) is 14.3. The molecule has 0 rings (SSSR count). The van der Waals surface area contributed by atoms with E-state index in [2.05, 4.69) is 6.92 Å². The molecule has 0 aromatic carbocycles. The highest BCUT2D eigenvalue weighted by molar-refractivity contribution is 5.72. The molecule has 0 spiro atoms. The summed E-state index contributed by atoms with van der Waals surface area (Å²) in [7, 11) is 0. The monoisotopic (exact) mass is 492 g/mol. The van der Waals surface area contributed by atoms with Gasteiger partial charge in [0.15, 0.2) is 0 Å². The van der Waals surface area contributed by atoms with Gasteiger partial charge in [0.25, 0.3) is 0 Å². The number of unbranched alkanes of at least 4 members (excludes halogenated alkanes) is 1. The second-order valence-electron chi connectivity index (χ2n) is 8.81. The largest absolute Gasteiger partial charge is 0.463 e. The van der Waals surface area contributed by atoms with Crippen LogP contribution in [0.4, 0.5) is 0 Å². The first kappa shape index (κ1) is 32.7. The molecule has 0 saturated heterocycles. The van der Waals surface area contributed by atoms with Crippen molar-refractivity contribution in [1.82, 2.24) is 0 Å². The van der Waals surface area contributed by atoms with Crippen molar-refractivity contribution in [2.75, 3.05) is 72.7 Å². The molecule has 9 heteroatoms. The molecule has 0 radical (unpaired) electrons. The van der Waals surface area contributed by atoms with Crippen LogP contribution in [-0.4, -0.2) is 90.2 Å². The third-order valence-corrected chi connectivity index (χ3v) is 4.56. The molecule has 9 nitrogen and oxygen atoms in total. The Balaban J connectivity index is 3.30. The van der Waals surface area contributed by atoms with Crippen LogP contribution in [0.5, 0.6) is 0 Å². The van der Waals surface area contributed by atoms with E-state index in [4.69, 9.17) is 33.2 Å². The summed E-state index contributed by atoms with van der Waals surface area (Å²) in [5.41, 5.74) is -0.469. The lowest BCUT2D eigenvalue weighted by Gasteiger charge is -2.19. The third kappa shape index (κ3) is 22.5. The fraction of sp³-hybridized carbons (Fsp3) is 0.920. The zero-order valence-corrected chi connectivity index (χ0v) is 22.1. The van der Waals surface area contributed by atoms with Crippen molar-refractivity contribution in [3.8, 4) is 0 Å². The molecule has 0 saturated carbocycles. The maximum atomic E-state index is 12.0. The van der Waals surface area contributed by atoms with Crippen LogP contribution in [0.2, 0.25) is 0 Å². The molecule has 1 unspecified atom stereocenters. The fourth-order valence-corrected chi connectivity index (χ4v) is 2.79. The van der Waals surface area contributed by atoms with E-state index >= 15 is 0 Å². The minimum atomic E-state index is -0.469. The molecule has 0 aromatic rings. The maximum Gasteiger partial charge on any atom is 0.308 e. The van der Waals surface area contributed by atoms with Crippen LogP contribution < -0.4 is 0 Å². The smallest absolute Gasteiger partial charge is 0.308 e. The summed E-state index contributed by atoms with van der Waals surface area (Å²) in [4.78, 5) is 23.5. The van der Waals surface area contributed by atoms with Gasteiger partial charge in [-0.25, -0.2) is 0 Å². The van der Waals surface area contributed by atoms with Gasteiger partial charge in [-0.15, -0.1) is 0 Å². The van der Waals surface area contributed by atoms with Crippen LogP contribution in [-0.2, 0) is 42.7 Å². The number of esters is 2. The zero-order chi connectivity index (χ0) is 25.5. The Labute approximate surface area is 206 Å². The summed E-state index contributed by atoms with van der Waals surface area (Å²) in [6.07, 6.45) is 4.07. The average molecular weight is 493 g/mol. The molecule has 0 aliphatic carbocycles. The first-order chi connectivity index (χ1) is 16.3. The summed E-state index contributed by atoms with van der Waals surface area (Å²) in [6, 6.07) is 0. The highest BCUT2D eigenvalue weighted by Gasteiger charge is 2.17. The topological polar surface area (TPSA) is 98.8 Å².